The minimum atomic E-state index is -5.78. The van der Waals surface area contributed by atoms with Crippen LogP contribution in [0.1, 0.15) is 174 Å². The fourth-order valence-corrected chi connectivity index (χ4v) is 9.99. The van der Waals surface area contributed by atoms with Gasteiger partial charge in [0, 0.05) is 31.1 Å². The Hall–Kier alpha value is -1.93. The van der Waals surface area contributed by atoms with Gasteiger partial charge in [-0.25, -0.2) is 9.13 Å². The standard InChI is InChI=1S/C47H84O19P2/c1-3-5-7-8-9-10-11-12-13-14-15-16-17-18-24-28-41(52)64-35-32-62-40(51)27-23-20-19-22-26-36-38(49)31-39(50)37(30-29-34(48)25-21-6-4-2)43(54)46(65-67(57,58)59)47(45(56)44(55)42(36)53)66-68(60,61)63-33-35/h5,7,29-30,34-37,39,42-48,50,53-56H,3-4,6,8-28,31-33H2,1-2H3,(H,60,61)(H2,57,58,59)/b7-5-,30-29+/t34-,35+,36-,37-,39+,42+,43+,44-,45+,46+,47-/m0/s1. The van der Waals surface area contributed by atoms with Crippen LogP contribution in [0, 0.1) is 11.8 Å². The highest BCUT2D eigenvalue weighted by atomic mass is 31.2. The molecule has 1 heterocycles. The van der Waals surface area contributed by atoms with Crippen LogP contribution in [0.4, 0.5) is 0 Å². The molecular weight excluding hydrogens is 930 g/mol. The summed E-state index contributed by atoms with van der Waals surface area (Å²) in [4.78, 5) is 70.5. The number of hydrogen-bond acceptors (Lipinski definition) is 16. The van der Waals surface area contributed by atoms with Crippen LogP contribution in [0.2, 0.25) is 0 Å². The van der Waals surface area contributed by atoms with Gasteiger partial charge >= 0.3 is 27.6 Å². The summed E-state index contributed by atoms with van der Waals surface area (Å²) in [6, 6.07) is 0. The summed E-state index contributed by atoms with van der Waals surface area (Å²) in [6.45, 7) is 2.49. The molecule has 1 aliphatic carbocycles. The molecule has 19 nitrogen and oxygen atoms in total. The van der Waals surface area contributed by atoms with Crippen molar-refractivity contribution in [3.8, 4) is 0 Å². The molecule has 2 rings (SSSR count). The number of phosphoric acid groups is 2. The molecule has 0 spiro atoms. The molecular formula is C47H84O19P2. The zero-order chi connectivity index (χ0) is 50.5. The van der Waals surface area contributed by atoms with Crippen LogP contribution >= 0.6 is 15.6 Å². The van der Waals surface area contributed by atoms with Crippen LogP contribution in [0.25, 0.3) is 0 Å². The number of ether oxygens (including phenoxy) is 2. The van der Waals surface area contributed by atoms with Gasteiger partial charge in [-0.15, -0.1) is 0 Å². The van der Waals surface area contributed by atoms with Gasteiger partial charge in [-0.1, -0.05) is 134 Å². The zero-order valence-electron chi connectivity index (χ0n) is 40.3. The van der Waals surface area contributed by atoms with Crippen molar-refractivity contribution in [2.24, 2.45) is 11.8 Å². The Morgan fingerprint density at radius 1 is 0.809 bits per heavy atom. The minimum absolute atomic E-state index is 0.0281. The zero-order valence-corrected chi connectivity index (χ0v) is 42.0. The normalized spacial score (nSPS) is 30.7. The van der Waals surface area contributed by atoms with Crippen molar-refractivity contribution >= 4 is 33.4 Å². The number of carbonyl (C=O) groups excluding carboxylic acids is 3. The molecule has 2 fully saturated rings. The molecule has 1 aliphatic heterocycles. The second-order valence-corrected chi connectivity index (χ2v) is 20.9. The third-order valence-corrected chi connectivity index (χ3v) is 13.9. The van der Waals surface area contributed by atoms with E-state index in [9.17, 15) is 68.8 Å². The van der Waals surface area contributed by atoms with E-state index in [-0.39, 0.29) is 32.1 Å². The number of fused-ring (bicyclic) bond motifs is 4. The molecule has 1 saturated carbocycles. The lowest BCUT2D eigenvalue weighted by Crippen LogP contribution is -2.56. The molecule has 21 heteroatoms. The second kappa shape index (κ2) is 34.4. The molecule has 68 heavy (non-hydrogen) atoms. The van der Waals surface area contributed by atoms with Crippen molar-refractivity contribution in [1.82, 2.24) is 0 Å². The number of ketones is 1. The Labute approximate surface area is 402 Å². The van der Waals surface area contributed by atoms with Crippen LogP contribution in [0.5, 0.6) is 0 Å². The average Bonchev–Trinajstić information content (AvgIpc) is 3.28. The van der Waals surface area contributed by atoms with E-state index in [1.807, 2.05) is 6.92 Å². The largest absolute Gasteiger partial charge is 0.472 e. The molecule has 0 aromatic carbocycles. The summed E-state index contributed by atoms with van der Waals surface area (Å²) in [7, 11) is -11.5. The molecule has 396 valence electrons. The van der Waals surface area contributed by atoms with Crippen molar-refractivity contribution in [2.75, 3.05) is 13.2 Å². The summed E-state index contributed by atoms with van der Waals surface area (Å²) in [5, 5.41) is 68.3. The maximum atomic E-state index is 13.8. The van der Waals surface area contributed by atoms with Gasteiger partial charge in [-0.3, -0.25) is 28.0 Å². The first-order chi connectivity index (χ1) is 32.3. The van der Waals surface area contributed by atoms with E-state index in [1.165, 1.54) is 38.2 Å². The van der Waals surface area contributed by atoms with Crippen molar-refractivity contribution < 1.29 is 91.9 Å². The highest BCUT2D eigenvalue weighted by molar-refractivity contribution is 7.47. The van der Waals surface area contributed by atoms with Gasteiger partial charge in [-0.2, -0.15) is 0 Å². The molecule has 12 atom stereocenters. The molecule has 0 aromatic heterocycles. The van der Waals surface area contributed by atoms with Crippen molar-refractivity contribution in [2.45, 2.75) is 229 Å². The topological polar surface area (TPSA) is 314 Å². The lowest BCUT2D eigenvalue weighted by Gasteiger charge is -2.38. The molecule has 2 aliphatic rings. The number of unbranched alkanes of at least 4 members (excludes halogenated alkanes) is 13. The maximum Gasteiger partial charge on any atom is 0.472 e. The van der Waals surface area contributed by atoms with Crippen molar-refractivity contribution in [3.63, 3.8) is 0 Å². The van der Waals surface area contributed by atoms with E-state index >= 15 is 0 Å². The first-order valence-corrected chi connectivity index (χ1v) is 28.0. The number of Topliss-reactive ketones (excluding diaryl/α,β-unsaturated/α-hetero) is 1. The summed E-state index contributed by atoms with van der Waals surface area (Å²) >= 11 is 0. The quantitative estimate of drug-likeness (QED) is 0.0221. The van der Waals surface area contributed by atoms with E-state index in [2.05, 4.69) is 19.1 Å². The molecule has 1 saturated heterocycles. The summed E-state index contributed by atoms with van der Waals surface area (Å²) in [5.74, 6) is -5.48. The van der Waals surface area contributed by atoms with Gasteiger partial charge in [0.1, 0.15) is 36.8 Å². The highest BCUT2D eigenvalue weighted by Gasteiger charge is 2.51. The predicted octanol–water partition coefficient (Wildman–Crippen LogP) is 6.32. The number of aliphatic hydroxyl groups is 6. The number of rotatable bonds is 24. The number of esters is 2. The van der Waals surface area contributed by atoms with Crippen LogP contribution in [0.15, 0.2) is 24.3 Å². The van der Waals surface area contributed by atoms with Crippen LogP contribution < -0.4 is 0 Å². The smallest absolute Gasteiger partial charge is 0.462 e. The highest BCUT2D eigenvalue weighted by Crippen LogP contribution is 2.49. The molecule has 0 aromatic rings. The Morgan fingerprint density at radius 3 is 2.07 bits per heavy atom. The number of phosphoric ester groups is 2. The summed E-state index contributed by atoms with van der Waals surface area (Å²) in [5.41, 5.74) is 0. The van der Waals surface area contributed by atoms with E-state index in [4.69, 9.17) is 23.0 Å². The van der Waals surface area contributed by atoms with E-state index in [1.54, 1.807) is 0 Å². The SMILES string of the molecule is CC/C=C\CCCCCCCCCCCCCC(=O)O[C@@H]1COC(=O)CCCCCC[C@H]2C(=O)C[C@@H](O)[C@H](/C=C/[C@@H](O)CCCCC)[C@@H](O)[C@@H](OP(=O)(O)O)[C@@H](OP(=O)(O)OC1)[C@H](O)[C@@H](O)[C@@H]2O. The number of allylic oxidation sites excluding steroid dienone is 2. The summed E-state index contributed by atoms with van der Waals surface area (Å²) < 4.78 is 52.3. The first kappa shape index (κ1) is 62.2. The van der Waals surface area contributed by atoms with Crippen LogP contribution in [-0.4, -0.2) is 131 Å². The molecule has 0 amide bonds. The average molecular weight is 1020 g/mol. The lowest BCUT2D eigenvalue weighted by atomic mass is 9.83. The summed E-state index contributed by atoms with van der Waals surface area (Å²) in [6.07, 6.45) is 3.64. The van der Waals surface area contributed by atoms with E-state index in [0.717, 1.165) is 63.9 Å². The molecule has 1 unspecified atom stereocenters. The van der Waals surface area contributed by atoms with Gasteiger partial charge in [0.05, 0.1) is 31.0 Å². The third-order valence-electron chi connectivity index (χ3n) is 12.4. The number of carbonyl (C=O) groups is 3. The number of aliphatic hydroxyl groups excluding tert-OH is 6. The van der Waals surface area contributed by atoms with E-state index in [0.29, 0.717) is 32.1 Å². The Kier molecular flexibility index (Phi) is 31.5. The maximum absolute atomic E-state index is 13.8. The fourth-order valence-electron chi connectivity index (χ4n) is 8.46. The molecule has 9 N–H and O–H groups in total. The van der Waals surface area contributed by atoms with Gasteiger partial charge in [0.2, 0.25) is 0 Å². The fraction of sp³-hybridized carbons (Fsp3) is 0.851. The predicted molar refractivity (Wildman–Crippen MR) is 251 cm³/mol. The number of hydrogen-bond donors (Lipinski definition) is 9. The van der Waals surface area contributed by atoms with E-state index < -0.39 is 120 Å². The van der Waals surface area contributed by atoms with Crippen LogP contribution in [0.3, 0.4) is 0 Å². The Morgan fingerprint density at radius 2 is 1.44 bits per heavy atom. The Bertz CT molecular complexity index is 1570. The minimum Gasteiger partial charge on any atom is -0.462 e. The van der Waals surface area contributed by atoms with Gasteiger partial charge in [-0.05, 0) is 44.9 Å². The van der Waals surface area contributed by atoms with Crippen LogP contribution in [-0.2, 0) is 46.6 Å². The second-order valence-electron chi connectivity index (χ2n) is 18.3. The van der Waals surface area contributed by atoms with Gasteiger partial charge in [0.15, 0.2) is 6.10 Å². The molecule has 0 radical (unpaired) electrons. The van der Waals surface area contributed by atoms with Gasteiger partial charge in [0.25, 0.3) is 0 Å². The van der Waals surface area contributed by atoms with Gasteiger partial charge < -0.3 is 54.8 Å². The first-order valence-electron chi connectivity index (χ1n) is 25.0. The van der Waals surface area contributed by atoms with Crippen molar-refractivity contribution in [3.05, 3.63) is 24.3 Å². The number of cyclic esters (lactones) is 1. The third kappa shape index (κ3) is 26.0. The Balaban J connectivity index is 2.33. The monoisotopic (exact) mass is 1010 g/mol. The lowest BCUT2D eigenvalue weighted by molar-refractivity contribution is -0.165. The molecule has 2 bridgehead atoms. The van der Waals surface area contributed by atoms with Crippen molar-refractivity contribution in [1.29, 1.82) is 0 Å².